The van der Waals surface area contributed by atoms with E-state index in [4.69, 9.17) is 0 Å². The van der Waals surface area contributed by atoms with Crippen LogP contribution < -0.4 is 5.32 Å². The van der Waals surface area contributed by atoms with Gasteiger partial charge in [-0.1, -0.05) is 42.5 Å². The fourth-order valence-electron chi connectivity index (χ4n) is 3.82. The quantitative estimate of drug-likeness (QED) is 0.566. The molecule has 0 bridgehead atoms. The number of carbonyl (C=O) groups excluding carboxylic acids is 1. The van der Waals surface area contributed by atoms with Crippen molar-refractivity contribution in [2.75, 3.05) is 11.9 Å². The van der Waals surface area contributed by atoms with Crippen LogP contribution in [0.15, 0.2) is 79.1 Å². The predicted molar refractivity (Wildman–Crippen MR) is 114 cm³/mol. The number of carbonyl (C=O) groups is 1. The summed E-state index contributed by atoms with van der Waals surface area (Å²) in [5, 5.41) is 4.45. The number of pyridine rings is 2. The van der Waals surface area contributed by atoms with Crippen molar-refractivity contribution in [2.24, 2.45) is 0 Å². The van der Waals surface area contributed by atoms with Crippen molar-refractivity contribution in [3.63, 3.8) is 0 Å². The summed E-state index contributed by atoms with van der Waals surface area (Å²) in [7, 11) is 0. The molecule has 142 valence electrons. The maximum absolute atomic E-state index is 13.0. The van der Waals surface area contributed by atoms with E-state index in [2.05, 4.69) is 33.5 Å². The van der Waals surface area contributed by atoms with Crippen molar-refractivity contribution >= 4 is 28.2 Å². The lowest BCUT2D eigenvalue weighted by Crippen LogP contribution is -2.36. The molecular formula is C24H20N4O. The van der Waals surface area contributed by atoms with Crippen LogP contribution in [-0.2, 0) is 13.0 Å². The summed E-state index contributed by atoms with van der Waals surface area (Å²) < 4.78 is 0. The third-order valence-corrected chi connectivity index (χ3v) is 5.31. The van der Waals surface area contributed by atoms with Crippen LogP contribution in [-0.4, -0.2) is 27.3 Å². The first kappa shape index (κ1) is 17.4. The minimum absolute atomic E-state index is 0.0424. The molecule has 0 atom stereocenters. The van der Waals surface area contributed by atoms with Gasteiger partial charge in [0.05, 0.1) is 11.2 Å². The van der Waals surface area contributed by atoms with Crippen LogP contribution in [0.25, 0.3) is 10.9 Å². The second kappa shape index (κ2) is 7.36. The largest absolute Gasteiger partial charge is 0.354 e. The molecule has 1 aliphatic rings. The minimum Gasteiger partial charge on any atom is -0.354 e. The van der Waals surface area contributed by atoms with Crippen LogP contribution >= 0.6 is 0 Å². The monoisotopic (exact) mass is 380 g/mol. The third-order valence-electron chi connectivity index (χ3n) is 5.31. The number of nitrogens with zero attached hydrogens (tertiary/aromatic N) is 3. The number of rotatable bonds is 3. The fourth-order valence-corrected chi connectivity index (χ4v) is 3.82. The number of hydrogen-bond acceptors (Lipinski definition) is 4. The molecule has 0 unspecified atom stereocenters. The van der Waals surface area contributed by atoms with Crippen LogP contribution in [0.3, 0.4) is 0 Å². The van der Waals surface area contributed by atoms with Gasteiger partial charge in [-0.05, 0) is 41.8 Å². The number of aromatic nitrogens is 2. The molecule has 29 heavy (non-hydrogen) atoms. The zero-order chi connectivity index (χ0) is 19.6. The van der Waals surface area contributed by atoms with E-state index in [1.165, 1.54) is 11.1 Å². The van der Waals surface area contributed by atoms with E-state index in [1.807, 2.05) is 53.4 Å². The molecule has 5 nitrogen and oxygen atoms in total. The molecule has 5 heteroatoms. The van der Waals surface area contributed by atoms with Crippen molar-refractivity contribution in [1.82, 2.24) is 14.9 Å². The first-order valence-corrected chi connectivity index (χ1v) is 9.71. The van der Waals surface area contributed by atoms with Crippen molar-refractivity contribution < 1.29 is 4.79 Å². The number of fused-ring (bicyclic) bond motifs is 2. The van der Waals surface area contributed by atoms with Gasteiger partial charge in [0.2, 0.25) is 0 Å². The lowest BCUT2D eigenvalue weighted by atomic mass is 10.00. The average Bonchev–Trinajstić information content (AvgIpc) is 2.79. The molecule has 5 rings (SSSR count). The number of amides is 1. The Bertz CT molecular complexity index is 1200. The van der Waals surface area contributed by atoms with E-state index in [1.54, 1.807) is 12.4 Å². The topological polar surface area (TPSA) is 58.1 Å². The first-order chi connectivity index (χ1) is 14.3. The predicted octanol–water partition coefficient (Wildman–Crippen LogP) is 4.57. The summed E-state index contributed by atoms with van der Waals surface area (Å²) in [6.45, 7) is 1.34. The van der Waals surface area contributed by atoms with Gasteiger partial charge in [0.1, 0.15) is 5.69 Å². The van der Waals surface area contributed by atoms with Crippen molar-refractivity contribution in [1.29, 1.82) is 0 Å². The molecule has 1 aliphatic heterocycles. The van der Waals surface area contributed by atoms with E-state index < -0.39 is 0 Å². The Morgan fingerprint density at radius 1 is 0.897 bits per heavy atom. The molecule has 0 radical (unpaired) electrons. The average molecular weight is 380 g/mol. The van der Waals surface area contributed by atoms with Crippen LogP contribution in [0.5, 0.6) is 0 Å². The summed E-state index contributed by atoms with van der Waals surface area (Å²) in [6.07, 6.45) is 4.33. The lowest BCUT2D eigenvalue weighted by molar-refractivity contribution is 0.0729. The molecule has 4 aromatic rings. The van der Waals surface area contributed by atoms with Gasteiger partial charge in [-0.15, -0.1) is 0 Å². The number of hydrogen-bond donors (Lipinski definition) is 1. The van der Waals surface area contributed by atoms with E-state index >= 15 is 0 Å². The van der Waals surface area contributed by atoms with Gasteiger partial charge in [-0.2, -0.15) is 0 Å². The molecule has 0 saturated carbocycles. The highest BCUT2D eigenvalue weighted by Crippen LogP contribution is 2.25. The highest BCUT2D eigenvalue weighted by molar-refractivity contribution is 5.95. The van der Waals surface area contributed by atoms with E-state index in [9.17, 15) is 4.79 Å². The second-order valence-corrected chi connectivity index (χ2v) is 7.18. The van der Waals surface area contributed by atoms with E-state index in [0.717, 1.165) is 28.7 Å². The maximum atomic E-state index is 13.0. The lowest BCUT2D eigenvalue weighted by Gasteiger charge is -2.28. The molecule has 0 saturated heterocycles. The zero-order valence-electron chi connectivity index (χ0n) is 15.9. The standard InChI is InChI=1S/C24H20N4O/c29-24(28-14-11-17-5-1-2-6-19(17)16-28)22-15-20(10-13-25-22)27-21-9-3-7-18-8-4-12-26-23(18)21/h1-10,12-13,15H,11,14,16H2,(H,25,27). The Hall–Kier alpha value is -3.73. The minimum atomic E-state index is -0.0424. The fraction of sp³-hybridized carbons (Fsp3) is 0.125. The number of anilines is 2. The molecule has 3 heterocycles. The number of benzene rings is 2. The van der Waals surface area contributed by atoms with Crippen LogP contribution in [0.2, 0.25) is 0 Å². The van der Waals surface area contributed by atoms with Gasteiger partial charge >= 0.3 is 0 Å². The normalized spacial score (nSPS) is 13.2. The summed E-state index contributed by atoms with van der Waals surface area (Å²) in [5.74, 6) is -0.0424. The Labute approximate surface area is 169 Å². The van der Waals surface area contributed by atoms with Gasteiger partial charge in [0.25, 0.3) is 5.91 Å². The summed E-state index contributed by atoms with van der Waals surface area (Å²) in [4.78, 5) is 23.7. The molecule has 1 amide bonds. The molecule has 0 aliphatic carbocycles. The smallest absolute Gasteiger partial charge is 0.272 e. The Morgan fingerprint density at radius 2 is 1.76 bits per heavy atom. The van der Waals surface area contributed by atoms with E-state index in [0.29, 0.717) is 18.8 Å². The van der Waals surface area contributed by atoms with Crippen LogP contribution in [0, 0.1) is 0 Å². The van der Waals surface area contributed by atoms with Gasteiger partial charge < -0.3 is 10.2 Å². The number of nitrogens with one attached hydrogen (secondary N) is 1. The van der Waals surface area contributed by atoms with Crippen molar-refractivity contribution in [3.8, 4) is 0 Å². The van der Waals surface area contributed by atoms with Crippen LogP contribution in [0.4, 0.5) is 11.4 Å². The molecule has 0 spiro atoms. The van der Waals surface area contributed by atoms with Gasteiger partial charge in [-0.3, -0.25) is 14.8 Å². The Morgan fingerprint density at radius 3 is 2.69 bits per heavy atom. The maximum Gasteiger partial charge on any atom is 0.272 e. The Balaban J connectivity index is 1.39. The third kappa shape index (κ3) is 3.43. The van der Waals surface area contributed by atoms with Crippen molar-refractivity contribution in [3.05, 3.63) is 95.9 Å². The highest BCUT2D eigenvalue weighted by atomic mass is 16.2. The van der Waals surface area contributed by atoms with E-state index in [-0.39, 0.29) is 5.91 Å². The first-order valence-electron chi connectivity index (χ1n) is 9.71. The molecule has 2 aromatic carbocycles. The summed E-state index contributed by atoms with van der Waals surface area (Å²) in [6, 6.07) is 21.9. The zero-order valence-corrected chi connectivity index (χ0v) is 15.9. The molecule has 1 N–H and O–H groups in total. The summed E-state index contributed by atoms with van der Waals surface area (Å²) >= 11 is 0. The van der Waals surface area contributed by atoms with Crippen molar-refractivity contribution in [2.45, 2.75) is 13.0 Å². The second-order valence-electron chi connectivity index (χ2n) is 7.18. The highest BCUT2D eigenvalue weighted by Gasteiger charge is 2.22. The Kier molecular flexibility index (Phi) is 4.41. The van der Waals surface area contributed by atoms with Gasteiger partial charge in [0, 0.05) is 36.6 Å². The molecule has 0 fully saturated rings. The molecule has 2 aromatic heterocycles. The molecular weight excluding hydrogens is 360 g/mol. The van der Waals surface area contributed by atoms with Crippen LogP contribution in [0.1, 0.15) is 21.6 Å². The summed E-state index contributed by atoms with van der Waals surface area (Å²) in [5.41, 5.74) is 5.60. The van der Waals surface area contributed by atoms with Gasteiger partial charge in [0.15, 0.2) is 0 Å². The SMILES string of the molecule is O=C(c1cc(Nc2cccc3cccnc23)ccn1)N1CCc2ccccc2C1. The van der Waals surface area contributed by atoms with Gasteiger partial charge in [-0.25, -0.2) is 0 Å². The number of para-hydroxylation sites is 1.